The summed E-state index contributed by atoms with van der Waals surface area (Å²) in [7, 11) is 1.33. The fourth-order valence-electron chi connectivity index (χ4n) is 3.24. The summed E-state index contributed by atoms with van der Waals surface area (Å²) in [6.45, 7) is 3.62. The number of hydrogen-bond donors (Lipinski definition) is 0. The Kier molecular flexibility index (Phi) is 2.44. The second-order valence-corrected chi connectivity index (χ2v) is 5.44. The van der Waals surface area contributed by atoms with Crippen LogP contribution >= 0.6 is 0 Å². The van der Waals surface area contributed by atoms with E-state index in [1.54, 1.807) is 0 Å². The molecule has 3 aliphatic rings. The molecule has 1 aliphatic carbocycles. The van der Waals surface area contributed by atoms with E-state index in [-0.39, 0.29) is 36.5 Å². The molecule has 3 rings (SSSR count). The van der Waals surface area contributed by atoms with Crippen molar-refractivity contribution in [2.24, 2.45) is 11.8 Å². The normalized spacial score (nSPS) is 43.7. The van der Waals surface area contributed by atoms with Crippen LogP contribution in [0, 0.1) is 11.8 Å². The summed E-state index contributed by atoms with van der Waals surface area (Å²) in [4.78, 5) is 23.1. The molecule has 2 saturated heterocycles. The van der Waals surface area contributed by atoms with E-state index in [1.165, 1.54) is 7.11 Å². The first-order valence-electron chi connectivity index (χ1n) is 6.06. The smallest absolute Gasteiger partial charge is 0.312 e. The number of ether oxygens (including phenoxy) is 4. The van der Waals surface area contributed by atoms with E-state index in [0.717, 1.165) is 0 Å². The molecule has 0 amide bonds. The standard InChI is InChI=1S/C12H16O6/c1-12(2)17-9-7-5(4-6(13)15-3)8(10(9)18-12)16-11(7)14/h5,7-10H,4H2,1-3H3/t5-,7+,8-,9-,10+/m1/s1. The minimum absolute atomic E-state index is 0.164. The number of methoxy groups -OCH3 is 1. The number of fused-ring (bicyclic) bond motifs is 5. The Bertz CT molecular complexity index is 403. The molecule has 2 aliphatic heterocycles. The van der Waals surface area contributed by atoms with Crippen LogP contribution in [0.4, 0.5) is 0 Å². The molecule has 0 aromatic heterocycles. The van der Waals surface area contributed by atoms with Gasteiger partial charge in [0.1, 0.15) is 18.3 Å². The minimum Gasteiger partial charge on any atom is -0.469 e. The number of hydrogen-bond acceptors (Lipinski definition) is 6. The van der Waals surface area contributed by atoms with Crippen LogP contribution in [-0.4, -0.2) is 43.1 Å². The predicted molar refractivity (Wildman–Crippen MR) is 57.3 cm³/mol. The quantitative estimate of drug-likeness (QED) is 0.659. The molecule has 0 radical (unpaired) electrons. The Balaban J connectivity index is 1.82. The summed E-state index contributed by atoms with van der Waals surface area (Å²) < 4.78 is 21.4. The third kappa shape index (κ3) is 1.55. The van der Waals surface area contributed by atoms with Gasteiger partial charge in [-0.05, 0) is 13.8 Å². The summed E-state index contributed by atoms with van der Waals surface area (Å²) in [6.07, 6.45) is -0.802. The zero-order valence-corrected chi connectivity index (χ0v) is 10.5. The van der Waals surface area contributed by atoms with Gasteiger partial charge in [-0.2, -0.15) is 0 Å². The number of carbonyl (C=O) groups excluding carboxylic acids is 2. The molecule has 0 N–H and O–H groups in total. The van der Waals surface area contributed by atoms with Gasteiger partial charge in [-0.25, -0.2) is 0 Å². The van der Waals surface area contributed by atoms with Crippen LogP contribution in [0.3, 0.4) is 0 Å². The van der Waals surface area contributed by atoms with E-state index in [9.17, 15) is 9.59 Å². The van der Waals surface area contributed by atoms with Gasteiger partial charge in [-0.3, -0.25) is 9.59 Å². The Morgan fingerprint density at radius 1 is 1.28 bits per heavy atom. The van der Waals surface area contributed by atoms with Crippen LogP contribution in [-0.2, 0) is 28.5 Å². The Morgan fingerprint density at radius 3 is 2.61 bits per heavy atom. The summed E-state index contributed by atoms with van der Waals surface area (Å²) >= 11 is 0. The molecule has 2 bridgehead atoms. The molecular formula is C12H16O6. The van der Waals surface area contributed by atoms with Crippen molar-refractivity contribution in [2.45, 2.75) is 44.4 Å². The van der Waals surface area contributed by atoms with Crippen molar-refractivity contribution < 1.29 is 28.5 Å². The lowest BCUT2D eigenvalue weighted by Gasteiger charge is -2.22. The van der Waals surface area contributed by atoms with E-state index in [2.05, 4.69) is 4.74 Å². The van der Waals surface area contributed by atoms with Crippen LogP contribution in [0.5, 0.6) is 0 Å². The average Bonchev–Trinajstić information content (AvgIpc) is 2.83. The van der Waals surface area contributed by atoms with E-state index >= 15 is 0 Å². The summed E-state index contributed by atoms with van der Waals surface area (Å²) in [5, 5.41) is 0. The molecule has 0 aromatic carbocycles. The molecular weight excluding hydrogens is 240 g/mol. The van der Waals surface area contributed by atoms with Crippen molar-refractivity contribution in [1.82, 2.24) is 0 Å². The zero-order chi connectivity index (χ0) is 13.1. The maximum atomic E-state index is 11.8. The predicted octanol–water partition coefficient (Wildman–Crippen LogP) is 0.241. The highest BCUT2D eigenvalue weighted by Crippen LogP contribution is 2.51. The van der Waals surface area contributed by atoms with Crippen molar-refractivity contribution >= 4 is 11.9 Å². The van der Waals surface area contributed by atoms with Crippen LogP contribution in [0.15, 0.2) is 0 Å². The molecule has 2 heterocycles. The lowest BCUT2D eigenvalue weighted by Crippen LogP contribution is -2.38. The zero-order valence-electron chi connectivity index (χ0n) is 10.5. The van der Waals surface area contributed by atoms with Gasteiger partial charge in [0.2, 0.25) is 0 Å². The van der Waals surface area contributed by atoms with E-state index in [0.29, 0.717) is 0 Å². The summed E-state index contributed by atoms with van der Waals surface area (Å²) in [5.41, 5.74) is 0. The Hall–Kier alpha value is -1.14. The highest BCUT2D eigenvalue weighted by molar-refractivity contribution is 5.80. The van der Waals surface area contributed by atoms with Crippen molar-refractivity contribution in [3.63, 3.8) is 0 Å². The Labute approximate surface area is 105 Å². The van der Waals surface area contributed by atoms with Gasteiger partial charge in [0.25, 0.3) is 0 Å². The highest BCUT2D eigenvalue weighted by atomic mass is 16.8. The molecule has 18 heavy (non-hydrogen) atoms. The highest BCUT2D eigenvalue weighted by Gasteiger charge is 2.67. The second kappa shape index (κ2) is 3.68. The monoisotopic (exact) mass is 256 g/mol. The van der Waals surface area contributed by atoms with Crippen LogP contribution in [0.1, 0.15) is 20.3 Å². The van der Waals surface area contributed by atoms with Gasteiger partial charge >= 0.3 is 11.9 Å². The first-order chi connectivity index (χ1) is 8.43. The SMILES string of the molecule is COC(=O)C[C@H]1[C@H]2OC(=O)[C@@H]1[C@H]1OC(C)(C)O[C@@H]21. The molecule has 0 spiro atoms. The topological polar surface area (TPSA) is 71.1 Å². The first kappa shape index (κ1) is 11.9. The van der Waals surface area contributed by atoms with Crippen molar-refractivity contribution in [3.8, 4) is 0 Å². The third-order valence-electron chi connectivity index (χ3n) is 3.88. The van der Waals surface area contributed by atoms with Gasteiger partial charge in [0.15, 0.2) is 5.79 Å². The molecule has 6 heteroatoms. The summed E-state index contributed by atoms with van der Waals surface area (Å²) in [6, 6.07) is 0. The van der Waals surface area contributed by atoms with Crippen LogP contribution in [0.25, 0.3) is 0 Å². The first-order valence-corrected chi connectivity index (χ1v) is 6.06. The van der Waals surface area contributed by atoms with Crippen molar-refractivity contribution in [3.05, 3.63) is 0 Å². The number of rotatable bonds is 2. The van der Waals surface area contributed by atoms with Gasteiger partial charge in [-0.15, -0.1) is 0 Å². The average molecular weight is 256 g/mol. The molecule has 0 unspecified atom stereocenters. The number of esters is 2. The van der Waals surface area contributed by atoms with Crippen molar-refractivity contribution in [1.29, 1.82) is 0 Å². The maximum absolute atomic E-state index is 11.8. The lowest BCUT2D eigenvalue weighted by atomic mass is 9.93. The third-order valence-corrected chi connectivity index (χ3v) is 3.88. The van der Waals surface area contributed by atoms with Crippen molar-refractivity contribution in [2.75, 3.05) is 7.11 Å². The second-order valence-electron chi connectivity index (χ2n) is 5.44. The molecule has 0 aromatic rings. The lowest BCUT2D eigenvalue weighted by molar-refractivity contribution is -0.165. The largest absolute Gasteiger partial charge is 0.469 e. The molecule has 100 valence electrons. The molecule has 1 saturated carbocycles. The fourth-order valence-corrected chi connectivity index (χ4v) is 3.24. The molecule has 6 nitrogen and oxygen atoms in total. The van der Waals surface area contributed by atoms with Gasteiger partial charge in [0, 0.05) is 5.92 Å². The Morgan fingerprint density at radius 2 is 1.94 bits per heavy atom. The number of carbonyl (C=O) groups is 2. The fraction of sp³-hybridized carbons (Fsp3) is 0.833. The van der Waals surface area contributed by atoms with Gasteiger partial charge in [-0.1, -0.05) is 0 Å². The molecule has 3 fully saturated rings. The van der Waals surface area contributed by atoms with E-state index in [4.69, 9.17) is 14.2 Å². The van der Waals surface area contributed by atoms with Gasteiger partial charge < -0.3 is 18.9 Å². The molecule has 5 atom stereocenters. The maximum Gasteiger partial charge on any atom is 0.312 e. The van der Waals surface area contributed by atoms with Gasteiger partial charge in [0.05, 0.1) is 19.4 Å². The van der Waals surface area contributed by atoms with E-state index in [1.807, 2.05) is 13.8 Å². The van der Waals surface area contributed by atoms with Crippen LogP contribution in [0.2, 0.25) is 0 Å². The summed E-state index contributed by atoms with van der Waals surface area (Å²) in [5.74, 6) is -1.95. The van der Waals surface area contributed by atoms with E-state index < -0.39 is 17.8 Å². The van der Waals surface area contributed by atoms with Crippen LogP contribution < -0.4 is 0 Å². The minimum atomic E-state index is -0.698.